The van der Waals surface area contributed by atoms with Crippen LogP contribution < -0.4 is 10.1 Å². The number of alkyl halides is 3. The second-order valence-electron chi connectivity index (χ2n) is 5.41. The van der Waals surface area contributed by atoms with Crippen LogP contribution in [0.5, 0.6) is 5.75 Å². The summed E-state index contributed by atoms with van der Waals surface area (Å²) in [6.45, 7) is -0.521. The normalized spacial score (nSPS) is 16.1. The Labute approximate surface area is 131 Å². The highest BCUT2D eigenvalue weighted by atomic mass is 19.4. The highest BCUT2D eigenvalue weighted by Gasteiger charge is 2.27. The Morgan fingerprint density at radius 1 is 1.39 bits per heavy atom. The number of benzene rings is 1. The molecule has 122 valence electrons. The molecule has 1 aromatic carbocycles. The van der Waals surface area contributed by atoms with E-state index in [1.807, 2.05) is 23.9 Å². The molecule has 0 saturated carbocycles. The summed E-state index contributed by atoms with van der Waals surface area (Å²) in [6.07, 6.45) is 1.96. The number of rotatable bonds is 3. The predicted octanol–water partition coefficient (Wildman–Crippen LogP) is 3.72. The molecule has 1 aromatic heterocycles. The minimum absolute atomic E-state index is 0.415. The molecule has 7 heteroatoms. The van der Waals surface area contributed by atoms with Crippen molar-refractivity contribution < 1.29 is 17.9 Å². The monoisotopic (exact) mass is 323 g/mol. The molecular weight excluding hydrogens is 307 g/mol. The van der Waals surface area contributed by atoms with Gasteiger partial charge in [0.2, 0.25) is 0 Å². The quantitative estimate of drug-likeness (QED) is 0.936. The van der Waals surface area contributed by atoms with E-state index >= 15 is 0 Å². The van der Waals surface area contributed by atoms with E-state index in [1.165, 1.54) is 0 Å². The molecule has 2 aromatic rings. The fraction of sp³-hybridized carbons (Fsp3) is 0.312. The highest BCUT2D eigenvalue weighted by molar-refractivity contribution is 5.85. The summed E-state index contributed by atoms with van der Waals surface area (Å²) in [5, 5.41) is 2.40. The van der Waals surface area contributed by atoms with Gasteiger partial charge in [-0.1, -0.05) is 0 Å². The SMILES string of the molecule is Cn1cnc(/C=C2\CCOc3ccc(NCC(F)(F)F)cc32)c1. The Bertz CT molecular complexity index is 734. The van der Waals surface area contributed by atoms with E-state index in [0.717, 1.165) is 16.8 Å². The molecular formula is C16H16F3N3O. The molecule has 1 aliphatic rings. The molecule has 1 N–H and O–H groups in total. The van der Waals surface area contributed by atoms with Crippen molar-refractivity contribution in [2.24, 2.45) is 7.05 Å². The summed E-state index contributed by atoms with van der Waals surface area (Å²) in [4.78, 5) is 4.26. The minimum atomic E-state index is -4.25. The lowest BCUT2D eigenvalue weighted by atomic mass is 9.98. The van der Waals surface area contributed by atoms with Gasteiger partial charge in [-0.15, -0.1) is 0 Å². The van der Waals surface area contributed by atoms with Gasteiger partial charge in [0, 0.05) is 30.9 Å². The van der Waals surface area contributed by atoms with Crippen LogP contribution in [0, 0.1) is 0 Å². The van der Waals surface area contributed by atoms with E-state index in [-0.39, 0.29) is 0 Å². The van der Waals surface area contributed by atoms with E-state index in [9.17, 15) is 13.2 Å². The van der Waals surface area contributed by atoms with Gasteiger partial charge < -0.3 is 14.6 Å². The van der Waals surface area contributed by atoms with E-state index in [0.29, 0.717) is 24.5 Å². The van der Waals surface area contributed by atoms with Crippen LogP contribution in [0.2, 0.25) is 0 Å². The van der Waals surface area contributed by atoms with Crippen LogP contribution in [0.15, 0.2) is 30.7 Å². The molecule has 0 atom stereocenters. The number of nitrogens with one attached hydrogen (secondary N) is 1. The lowest BCUT2D eigenvalue weighted by molar-refractivity contribution is -0.115. The molecule has 0 aliphatic carbocycles. The predicted molar refractivity (Wildman–Crippen MR) is 82.2 cm³/mol. The number of aryl methyl sites for hydroxylation is 1. The molecule has 0 fully saturated rings. The third kappa shape index (κ3) is 3.85. The van der Waals surface area contributed by atoms with Gasteiger partial charge in [0.25, 0.3) is 0 Å². The van der Waals surface area contributed by atoms with Crippen molar-refractivity contribution >= 4 is 17.3 Å². The number of hydrogen-bond acceptors (Lipinski definition) is 3. The van der Waals surface area contributed by atoms with Gasteiger partial charge >= 0.3 is 6.18 Å². The molecule has 0 radical (unpaired) electrons. The maximum atomic E-state index is 12.3. The van der Waals surface area contributed by atoms with Crippen LogP contribution in [0.3, 0.4) is 0 Å². The topological polar surface area (TPSA) is 39.1 Å². The van der Waals surface area contributed by atoms with Gasteiger partial charge in [0.05, 0.1) is 18.6 Å². The van der Waals surface area contributed by atoms with Crippen LogP contribution in [0.1, 0.15) is 17.7 Å². The largest absolute Gasteiger partial charge is 0.493 e. The molecule has 23 heavy (non-hydrogen) atoms. The summed E-state index contributed by atoms with van der Waals surface area (Å²) < 4.78 is 44.4. The summed E-state index contributed by atoms with van der Waals surface area (Å²) in [5.74, 6) is 0.677. The molecule has 0 bridgehead atoms. The van der Waals surface area contributed by atoms with Gasteiger partial charge in [0.15, 0.2) is 0 Å². The first-order valence-electron chi connectivity index (χ1n) is 7.17. The molecule has 0 amide bonds. The average molecular weight is 323 g/mol. The smallest absolute Gasteiger partial charge is 0.405 e. The average Bonchev–Trinajstić information content (AvgIpc) is 2.90. The summed E-state index contributed by atoms with van der Waals surface area (Å²) in [6, 6.07) is 4.97. The molecule has 0 unspecified atom stereocenters. The standard InChI is InChI=1S/C16H16F3N3O/c1-22-8-13(21-10-22)6-11-4-5-23-15-3-2-12(7-14(11)15)20-9-16(17,18)19/h2-3,6-8,10,20H,4-5,9H2,1H3/b11-6+. The molecule has 0 saturated heterocycles. The number of hydrogen-bond donors (Lipinski definition) is 1. The van der Waals surface area contributed by atoms with Gasteiger partial charge in [-0.3, -0.25) is 0 Å². The number of imidazole rings is 1. The van der Waals surface area contributed by atoms with Crippen molar-refractivity contribution in [3.8, 4) is 5.75 Å². The Morgan fingerprint density at radius 2 is 2.22 bits per heavy atom. The number of fused-ring (bicyclic) bond motifs is 1. The number of aromatic nitrogens is 2. The Hall–Kier alpha value is -2.44. The third-order valence-corrected chi connectivity index (χ3v) is 3.49. The zero-order chi connectivity index (χ0) is 16.4. The third-order valence-electron chi connectivity index (χ3n) is 3.49. The van der Waals surface area contributed by atoms with Gasteiger partial charge in [-0.05, 0) is 29.8 Å². The lowest BCUT2D eigenvalue weighted by Crippen LogP contribution is -2.21. The molecule has 3 rings (SSSR count). The summed E-state index contributed by atoms with van der Waals surface area (Å²) in [7, 11) is 1.88. The summed E-state index contributed by atoms with van der Waals surface area (Å²) in [5.41, 5.74) is 3.03. The van der Waals surface area contributed by atoms with Crippen molar-refractivity contribution in [1.29, 1.82) is 0 Å². The van der Waals surface area contributed by atoms with Crippen molar-refractivity contribution in [1.82, 2.24) is 9.55 Å². The van der Waals surface area contributed by atoms with E-state index in [1.54, 1.807) is 24.5 Å². The van der Waals surface area contributed by atoms with Crippen LogP contribution in [-0.2, 0) is 7.05 Å². The minimum Gasteiger partial charge on any atom is -0.493 e. The zero-order valence-electron chi connectivity index (χ0n) is 12.5. The number of halogens is 3. The Morgan fingerprint density at radius 3 is 2.91 bits per heavy atom. The molecule has 2 heterocycles. The maximum absolute atomic E-state index is 12.3. The first-order valence-corrected chi connectivity index (χ1v) is 7.17. The summed E-state index contributed by atoms with van der Waals surface area (Å²) >= 11 is 0. The Balaban J connectivity index is 1.88. The van der Waals surface area contributed by atoms with Crippen molar-refractivity contribution in [3.05, 3.63) is 42.0 Å². The van der Waals surface area contributed by atoms with Crippen molar-refractivity contribution in [2.75, 3.05) is 18.5 Å². The maximum Gasteiger partial charge on any atom is 0.405 e. The first kappa shape index (κ1) is 15.5. The van der Waals surface area contributed by atoms with Gasteiger partial charge in [-0.2, -0.15) is 13.2 Å². The molecule has 1 aliphatic heterocycles. The van der Waals surface area contributed by atoms with Gasteiger partial charge in [-0.25, -0.2) is 4.98 Å². The van der Waals surface area contributed by atoms with Crippen molar-refractivity contribution in [2.45, 2.75) is 12.6 Å². The second-order valence-corrected chi connectivity index (χ2v) is 5.41. The van der Waals surface area contributed by atoms with Crippen molar-refractivity contribution in [3.63, 3.8) is 0 Å². The van der Waals surface area contributed by atoms with Gasteiger partial charge in [0.1, 0.15) is 12.3 Å². The van der Waals surface area contributed by atoms with E-state index in [2.05, 4.69) is 10.3 Å². The van der Waals surface area contributed by atoms with Crippen LogP contribution in [0.4, 0.5) is 18.9 Å². The second kappa shape index (κ2) is 5.98. The van der Waals surface area contributed by atoms with E-state index < -0.39 is 12.7 Å². The number of ether oxygens (including phenoxy) is 1. The van der Waals surface area contributed by atoms with E-state index in [4.69, 9.17) is 4.74 Å². The zero-order valence-corrected chi connectivity index (χ0v) is 12.5. The lowest BCUT2D eigenvalue weighted by Gasteiger charge is -2.21. The first-order chi connectivity index (χ1) is 10.9. The number of nitrogens with zero attached hydrogens (tertiary/aromatic N) is 2. The Kier molecular flexibility index (Phi) is 4.02. The fourth-order valence-corrected chi connectivity index (χ4v) is 2.46. The van der Waals surface area contributed by atoms with Crippen LogP contribution >= 0.6 is 0 Å². The highest BCUT2D eigenvalue weighted by Crippen LogP contribution is 2.36. The van der Waals surface area contributed by atoms with Crippen LogP contribution in [-0.4, -0.2) is 28.9 Å². The van der Waals surface area contributed by atoms with Crippen LogP contribution in [0.25, 0.3) is 11.6 Å². The fourth-order valence-electron chi connectivity index (χ4n) is 2.46. The molecule has 0 spiro atoms. The molecule has 4 nitrogen and oxygen atoms in total. The number of anilines is 1.